The summed E-state index contributed by atoms with van der Waals surface area (Å²) in [5.74, 6) is -0.960. The highest BCUT2D eigenvalue weighted by Gasteiger charge is 2.34. The summed E-state index contributed by atoms with van der Waals surface area (Å²) < 4.78 is 0.764. The summed E-state index contributed by atoms with van der Waals surface area (Å²) in [6.45, 7) is 2.70. The first-order chi connectivity index (χ1) is 9.99. The number of hydrogen-bond acceptors (Lipinski definition) is 4. The van der Waals surface area contributed by atoms with Gasteiger partial charge in [-0.05, 0) is 41.4 Å². The predicted octanol–water partition coefficient (Wildman–Crippen LogP) is 1.51. The Morgan fingerprint density at radius 1 is 1.48 bits per heavy atom. The molecular weight excluding hydrogens is 338 g/mol. The fraction of sp³-hybridized carbons (Fsp3) is 0.500. The van der Waals surface area contributed by atoms with Crippen molar-refractivity contribution in [3.8, 4) is 0 Å². The Hall–Kier alpha value is -1.47. The Balaban J connectivity index is 1.82. The van der Waals surface area contributed by atoms with E-state index in [1.807, 2.05) is 11.8 Å². The second-order valence-electron chi connectivity index (χ2n) is 5.14. The van der Waals surface area contributed by atoms with Crippen LogP contribution >= 0.6 is 15.9 Å². The second-order valence-corrected chi connectivity index (χ2v) is 6.06. The zero-order chi connectivity index (χ0) is 15.4. The Morgan fingerprint density at radius 3 is 2.76 bits per heavy atom. The van der Waals surface area contributed by atoms with Crippen LogP contribution in [0.3, 0.4) is 0 Å². The van der Waals surface area contributed by atoms with Crippen molar-refractivity contribution >= 4 is 27.8 Å². The van der Waals surface area contributed by atoms with Gasteiger partial charge in [-0.3, -0.25) is 19.5 Å². The van der Waals surface area contributed by atoms with Gasteiger partial charge in [-0.15, -0.1) is 0 Å². The first-order valence-electron chi connectivity index (χ1n) is 6.86. The number of nitrogens with one attached hydrogen (secondary N) is 1. The van der Waals surface area contributed by atoms with E-state index in [4.69, 9.17) is 5.11 Å². The predicted molar refractivity (Wildman–Crippen MR) is 81.1 cm³/mol. The van der Waals surface area contributed by atoms with E-state index in [0.717, 1.165) is 17.3 Å². The number of hydrogen-bond donors (Lipinski definition) is 2. The highest BCUT2D eigenvalue weighted by atomic mass is 79.9. The SMILES string of the molecule is CCN(CC(=O)O)C1CC(NC(=O)c2cncc(Br)c2)C1. The molecule has 0 radical (unpaired) electrons. The summed E-state index contributed by atoms with van der Waals surface area (Å²) in [7, 11) is 0. The van der Waals surface area contributed by atoms with Crippen LogP contribution in [0.1, 0.15) is 30.1 Å². The van der Waals surface area contributed by atoms with Crippen molar-refractivity contribution in [1.82, 2.24) is 15.2 Å². The number of carboxylic acids is 1. The highest BCUT2D eigenvalue weighted by Crippen LogP contribution is 2.26. The van der Waals surface area contributed by atoms with Gasteiger partial charge < -0.3 is 10.4 Å². The minimum atomic E-state index is -0.815. The first kappa shape index (κ1) is 15.9. The molecule has 0 spiro atoms. The van der Waals surface area contributed by atoms with Crippen LogP contribution in [-0.4, -0.2) is 52.0 Å². The van der Waals surface area contributed by atoms with E-state index in [9.17, 15) is 9.59 Å². The molecule has 1 aliphatic carbocycles. The van der Waals surface area contributed by atoms with Crippen LogP contribution in [0.15, 0.2) is 22.9 Å². The smallest absolute Gasteiger partial charge is 0.317 e. The number of pyridine rings is 1. The molecule has 6 nitrogen and oxygen atoms in total. The van der Waals surface area contributed by atoms with Crippen LogP contribution in [0.4, 0.5) is 0 Å². The molecule has 0 aromatic carbocycles. The Labute approximate surface area is 131 Å². The van der Waals surface area contributed by atoms with Crippen molar-refractivity contribution < 1.29 is 14.7 Å². The van der Waals surface area contributed by atoms with Gasteiger partial charge in [0.2, 0.25) is 0 Å². The molecule has 7 heteroatoms. The van der Waals surface area contributed by atoms with Crippen molar-refractivity contribution in [3.05, 3.63) is 28.5 Å². The molecule has 1 saturated carbocycles. The maximum absolute atomic E-state index is 12.0. The molecule has 0 saturated heterocycles. The summed E-state index contributed by atoms with van der Waals surface area (Å²) in [6.07, 6.45) is 4.72. The van der Waals surface area contributed by atoms with Gasteiger partial charge in [0, 0.05) is 29.0 Å². The van der Waals surface area contributed by atoms with Crippen LogP contribution in [0.5, 0.6) is 0 Å². The van der Waals surface area contributed by atoms with Gasteiger partial charge in [-0.2, -0.15) is 0 Å². The molecule has 1 heterocycles. The molecule has 2 N–H and O–H groups in total. The first-order valence-corrected chi connectivity index (χ1v) is 7.66. The molecule has 1 fully saturated rings. The van der Waals surface area contributed by atoms with Gasteiger partial charge in [-0.1, -0.05) is 6.92 Å². The number of carboxylic acid groups (broad SMARTS) is 1. The Morgan fingerprint density at radius 2 is 2.19 bits per heavy atom. The Bertz CT molecular complexity index is 532. The lowest BCUT2D eigenvalue weighted by Gasteiger charge is -2.42. The van der Waals surface area contributed by atoms with E-state index < -0.39 is 5.97 Å². The third-order valence-electron chi connectivity index (χ3n) is 3.68. The summed E-state index contributed by atoms with van der Waals surface area (Å²) in [5, 5.41) is 11.8. The zero-order valence-corrected chi connectivity index (χ0v) is 13.3. The number of aliphatic carboxylic acids is 1. The Kier molecular flexibility index (Phi) is 5.30. The molecule has 1 aromatic rings. The van der Waals surface area contributed by atoms with E-state index >= 15 is 0 Å². The molecule has 1 aliphatic rings. The van der Waals surface area contributed by atoms with E-state index in [-0.39, 0.29) is 24.5 Å². The van der Waals surface area contributed by atoms with Gasteiger partial charge in [0.1, 0.15) is 0 Å². The number of amides is 1. The number of halogens is 1. The van der Waals surface area contributed by atoms with E-state index in [1.165, 1.54) is 6.20 Å². The molecule has 1 aromatic heterocycles. The van der Waals surface area contributed by atoms with Crippen LogP contribution in [0.2, 0.25) is 0 Å². The van der Waals surface area contributed by atoms with Crippen LogP contribution < -0.4 is 5.32 Å². The number of aromatic nitrogens is 1. The molecule has 0 aliphatic heterocycles. The molecule has 1 amide bonds. The van der Waals surface area contributed by atoms with E-state index in [1.54, 1.807) is 12.3 Å². The number of carbonyl (C=O) groups excluding carboxylic acids is 1. The van der Waals surface area contributed by atoms with Crippen molar-refractivity contribution in [2.24, 2.45) is 0 Å². The molecule has 0 unspecified atom stereocenters. The molecule has 114 valence electrons. The van der Waals surface area contributed by atoms with Gasteiger partial charge in [0.05, 0.1) is 12.1 Å². The minimum absolute atomic E-state index is 0.0530. The quantitative estimate of drug-likeness (QED) is 0.808. The van der Waals surface area contributed by atoms with Gasteiger partial charge in [0.15, 0.2) is 0 Å². The van der Waals surface area contributed by atoms with Crippen molar-refractivity contribution in [2.45, 2.75) is 31.8 Å². The highest BCUT2D eigenvalue weighted by molar-refractivity contribution is 9.10. The number of carbonyl (C=O) groups is 2. The molecule has 21 heavy (non-hydrogen) atoms. The maximum atomic E-state index is 12.0. The monoisotopic (exact) mass is 355 g/mol. The topological polar surface area (TPSA) is 82.5 Å². The van der Waals surface area contributed by atoms with Crippen molar-refractivity contribution in [3.63, 3.8) is 0 Å². The third-order valence-corrected chi connectivity index (χ3v) is 4.11. The lowest BCUT2D eigenvalue weighted by molar-refractivity contribution is -0.139. The van der Waals surface area contributed by atoms with Gasteiger partial charge in [0.25, 0.3) is 5.91 Å². The van der Waals surface area contributed by atoms with Crippen LogP contribution in [-0.2, 0) is 4.79 Å². The van der Waals surface area contributed by atoms with Gasteiger partial charge >= 0.3 is 5.97 Å². The third kappa shape index (κ3) is 4.25. The summed E-state index contributed by atoms with van der Waals surface area (Å²) >= 11 is 3.28. The number of rotatable bonds is 6. The van der Waals surface area contributed by atoms with E-state index in [2.05, 4.69) is 26.2 Å². The molecule has 0 bridgehead atoms. The maximum Gasteiger partial charge on any atom is 0.317 e. The number of likely N-dealkylation sites (N-methyl/N-ethyl adjacent to an activating group) is 1. The van der Waals surface area contributed by atoms with Crippen molar-refractivity contribution in [1.29, 1.82) is 0 Å². The largest absolute Gasteiger partial charge is 0.480 e. The van der Waals surface area contributed by atoms with Crippen LogP contribution in [0, 0.1) is 0 Å². The summed E-state index contributed by atoms with van der Waals surface area (Å²) in [6, 6.07) is 2.06. The number of nitrogens with zero attached hydrogens (tertiary/aromatic N) is 2. The van der Waals surface area contributed by atoms with E-state index in [0.29, 0.717) is 12.1 Å². The lowest BCUT2D eigenvalue weighted by atomic mass is 9.85. The fourth-order valence-corrected chi connectivity index (χ4v) is 2.85. The van der Waals surface area contributed by atoms with Crippen LogP contribution in [0.25, 0.3) is 0 Å². The second kappa shape index (κ2) is 7.00. The standard InChI is InChI=1S/C14H18BrN3O3/c1-2-18(8-13(19)20)12-4-11(5-12)17-14(21)9-3-10(15)7-16-6-9/h3,6-7,11-12H,2,4-5,8H2,1H3,(H,17,21)(H,19,20). The fourth-order valence-electron chi connectivity index (χ4n) is 2.48. The lowest BCUT2D eigenvalue weighted by Crippen LogP contribution is -2.54. The summed E-state index contributed by atoms with van der Waals surface area (Å²) in [4.78, 5) is 28.7. The van der Waals surface area contributed by atoms with Gasteiger partial charge in [-0.25, -0.2) is 0 Å². The minimum Gasteiger partial charge on any atom is -0.480 e. The molecule has 0 atom stereocenters. The molecular formula is C14H18BrN3O3. The average molecular weight is 356 g/mol. The van der Waals surface area contributed by atoms with Crippen molar-refractivity contribution in [2.75, 3.05) is 13.1 Å². The normalized spacial score (nSPS) is 20.9. The summed E-state index contributed by atoms with van der Waals surface area (Å²) in [5.41, 5.74) is 0.519. The molecule has 2 rings (SSSR count). The average Bonchev–Trinajstić information content (AvgIpc) is 2.39. The zero-order valence-electron chi connectivity index (χ0n) is 11.8.